The molecule has 1 aromatic heterocycles. The molecule has 1 fully saturated rings. The topological polar surface area (TPSA) is 69.0 Å². The molecule has 0 bridgehead atoms. The van der Waals surface area contributed by atoms with Crippen LogP contribution < -0.4 is 5.32 Å². The van der Waals surface area contributed by atoms with Crippen molar-refractivity contribution in [1.29, 1.82) is 0 Å². The lowest BCUT2D eigenvalue weighted by atomic mass is 9.67. The number of amides is 1. The van der Waals surface area contributed by atoms with E-state index in [1.165, 1.54) is 16.3 Å². The first-order chi connectivity index (χ1) is 15.4. The molecule has 1 amide bonds. The summed E-state index contributed by atoms with van der Waals surface area (Å²) in [6.45, 7) is 5.68. The van der Waals surface area contributed by atoms with Crippen molar-refractivity contribution in [2.75, 3.05) is 13.2 Å². The summed E-state index contributed by atoms with van der Waals surface area (Å²) in [5.74, 6) is -0.584. The SMILES string of the molecule is CC1(C)C[C@](CCNC(=O)c2cn(Cc3ccccc3F)nn2)(c2ccccc2)CCO1. The number of nitrogens with one attached hydrogen (secondary N) is 1. The third-order valence-electron chi connectivity index (χ3n) is 6.17. The molecule has 0 aliphatic carbocycles. The van der Waals surface area contributed by atoms with Crippen molar-refractivity contribution in [3.63, 3.8) is 0 Å². The third kappa shape index (κ3) is 5.05. The molecule has 0 radical (unpaired) electrons. The molecule has 1 aliphatic rings. The summed E-state index contributed by atoms with van der Waals surface area (Å²) < 4.78 is 21.3. The van der Waals surface area contributed by atoms with Crippen LogP contribution >= 0.6 is 0 Å². The van der Waals surface area contributed by atoms with Crippen molar-refractivity contribution in [2.45, 2.75) is 50.7 Å². The second-order valence-electron chi connectivity index (χ2n) is 9.08. The minimum absolute atomic E-state index is 0.0568. The Bertz CT molecular complexity index is 1070. The average molecular weight is 437 g/mol. The van der Waals surface area contributed by atoms with Crippen molar-refractivity contribution in [3.05, 3.63) is 83.4 Å². The van der Waals surface area contributed by atoms with Gasteiger partial charge in [-0.1, -0.05) is 53.7 Å². The Morgan fingerprint density at radius 3 is 2.66 bits per heavy atom. The highest BCUT2D eigenvalue weighted by Crippen LogP contribution is 2.43. The molecule has 4 rings (SSSR count). The number of hydrogen-bond donors (Lipinski definition) is 1. The van der Waals surface area contributed by atoms with Gasteiger partial charge in [0.1, 0.15) is 5.82 Å². The van der Waals surface area contributed by atoms with E-state index in [9.17, 15) is 9.18 Å². The van der Waals surface area contributed by atoms with Crippen molar-refractivity contribution in [3.8, 4) is 0 Å². The van der Waals surface area contributed by atoms with Crippen LogP contribution in [0, 0.1) is 5.82 Å². The molecule has 1 N–H and O–H groups in total. The van der Waals surface area contributed by atoms with Gasteiger partial charge in [0.2, 0.25) is 0 Å². The quantitative estimate of drug-likeness (QED) is 0.605. The summed E-state index contributed by atoms with van der Waals surface area (Å²) >= 11 is 0. The summed E-state index contributed by atoms with van der Waals surface area (Å²) in [4.78, 5) is 12.7. The van der Waals surface area contributed by atoms with Gasteiger partial charge < -0.3 is 10.1 Å². The number of carbonyl (C=O) groups excluding carboxylic acids is 1. The number of aromatic nitrogens is 3. The Morgan fingerprint density at radius 2 is 1.91 bits per heavy atom. The molecule has 1 aliphatic heterocycles. The Kier molecular flexibility index (Phi) is 6.37. The van der Waals surface area contributed by atoms with Gasteiger partial charge in [-0.3, -0.25) is 4.79 Å². The minimum Gasteiger partial charge on any atom is -0.376 e. The Hall–Kier alpha value is -3.06. The smallest absolute Gasteiger partial charge is 0.273 e. The average Bonchev–Trinajstić information content (AvgIpc) is 3.24. The number of nitrogens with zero attached hydrogens (tertiary/aromatic N) is 3. The summed E-state index contributed by atoms with van der Waals surface area (Å²) in [5.41, 5.74) is 1.73. The molecular formula is C25H29FN4O2. The zero-order valence-corrected chi connectivity index (χ0v) is 18.6. The predicted molar refractivity (Wildman–Crippen MR) is 120 cm³/mol. The largest absolute Gasteiger partial charge is 0.376 e. The van der Waals surface area contributed by atoms with Crippen LogP contribution in [0.2, 0.25) is 0 Å². The Labute approximate surface area is 187 Å². The minimum atomic E-state index is -0.306. The van der Waals surface area contributed by atoms with Crippen LogP contribution in [-0.2, 0) is 16.7 Å². The summed E-state index contributed by atoms with van der Waals surface area (Å²) in [6, 6.07) is 17.0. The molecule has 168 valence electrons. The monoisotopic (exact) mass is 436 g/mol. The van der Waals surface area contributed by atoms with E-state index in [0.29, 0.717) is 18.7 Å². The van der Waals surface area contributed by atoms with E-state index in [2.05, 4.69) is 53.7 Å². The van der Waals surface area contributed by atoms with Gasteiger partial charge in [-0.05, 0) is 44.7 Å². The summed E-state index contributed by atoms with van der Waals surface area (Å²) in [5, 5.41) is 10.9. The van der Waals surface area contributed by atoms with Gasteiger partial charge >= 0.3 is 0 Å². The summed E-state index contributed by atoms with van der Waals surface area (Å²) in [7, 11) is 0. The standard InChI is InChI=1S/C25H29FN4O2/c1-24(2)18-25(13-15-32-24,20-9-4-3-5-10-20)12-14-27-23(31)22-17-30(29-28-22)16-19-8-6-7-11-21(19)26/h3-11,17H,12-16,18H2,1-2H3,(H,27,31)/t25-/m1/s1. The zero-order valence-electron chi connectivity index (χ0n) is 18.6. The Balaban J connectivity index is 1.40. The normalized spacial score (nSPS) is 20.1. The van der Waals surface area contributed by atoms with E-state index in [1.54, 1.807) is 24.4 Å². The number of benzene rings is 2. The fraction of sp³-hybridized carbons (Fsp3) is 0.400. The molecule has 2 aromatic carbocycles. The van der Waals surface area contributed by atoms with Crippen LogP contribution in [0.5, 0.6) is 0 Å². The Morgan fingerprint density at radius 1 is 1.16 bits per heavy atom. The molecule has 1 saturated heterocycles. The van der Waals surface area contributed by atoms with Crippen LogP contribution in [-0.4, -0.2) is 39.7 Å². The second kappa shape index (κ2) is 9.20. The van der Waals surface area contributed by atoms with Crippen LogP contribution in [0.1, 0.15) is 54.7 Å². The molecule has 2 heterocycles. The van der Waals surface area contributed by atoms with E-state index in [4.69, 9.17) is 4.74 Å². The molecule has 0 saturated carbocycles. The first-order valence-corrected chi connectivity index (χ1v) is 11.0. The highest BCUT2D eigenvalue weighted by Gasteiger charge is 2.41. The van der Waals surface area contributed by atoms with Gasteiger partial charge in [0.05, 0.1) is 18.3 Å². The third-order valence-corrected chi connectivity index (χ3v) is 6.17. The maximum Gasteiger partial charge on any atom is 0.273 e. The van der Waals surface area contributed by atoms with Crippen molar-refractivity contribution in [2.24, 2.45) is 0 Å². The molecule has 0 unspecified atom stereocenters. The van der Waals surface area contributed by atoms with Gasteiger partial charge in [0.25, 0.3) is 5.91 Å². The molecule has 7 heteroatoms. The fourth-order valence-corrected chi connectivity index (χ4v) is 4.66. The van der Waals surface area contributed by atoms with Gasteiger partial charge in [-0.2, -0.15) is 0 Å². The van der Waals surface area contributed by atoms with Gasteiger partial charge in [0, 0.05) is 24.1 Å². The van der Waals surface area contributed by atoms with Crippen molar-refractivity contribution >= 4 is 5.91 Å². The van der Waals surface area contributed by atoms with Crippen molar-refractivity contribution in [1.82, 2.24) is 20.3 Å². The fourth-order valence-electron chi connectivity index (χ4n) is 4.66. The van der Waals surface area contributed by atoms with Crippen LogP contribution in [0.3, 0.4) is 0 Å². The summed E-state index contributed by atoms with van der Waals surface area (Å²) in [6.07, 6.45) is 4.15. The maximum absolute atomic E-state index is 13.9. The molecule has 0 spiro atoms. The highest BCUT2D eigenvalue weighted by atomic mass is 19.1. The van der Waals surface area contributed by atoms with Gasteiger partial charge in [0.15, 0.2) is 5.69 Å². The van der Waals surface area contributed by atoms with E-state index in [0.717, 1.165) is 19.3 Å². The van der Waals surface area contributed by atoms with E-state index < -0.39 is 0 Å². The maximum atomic E-state index is 13.9. The number of hydrogen-bond acceptors (Lipinski definition) is 4. The number of carbonyl (C=O) groups is 1. The van der Waals surface area contributed by atoms with Crippen molar-refractivity contribution < 1.29 is 13.9 Å². The lowest BCUT2D eigenvalue weighted by Crippen LogP contribution is -2.45. The molecular weight excluding hydrogens is 407 g/mol. The van der Waals surface area contributed by atoms with Crippen LogP contribution in [0.15, 0.2) is 60.8 Å². The zero-order chi connectivity index (χ0) is 22.6. The van der Waals surface area contributed by atoms with E-state index in [-0.39, 0.29) is 35.0 Å². The number of halogens is 1. The second-order valence-corrected chi connectivity index (χ2v) is 9.08. The number of ether oxygens (including phenoxy) is 1. The van der Waals surface area contributed by atoms with E-state index >= 15 is 0 Å². The first kappa shape index (κ1) is 22.1. The van der Waals surface area contributed by atoms with Gasteiger partial charge in [-0.15, -0.1) is 5.10 Å². The number of rotatable bonds is 7. The predicted octanol–water partition coefficient (Wildman–Crippen LogP) is 4.11. The van der Waals surface area contributed by atoms with Crippen LogP contribution in [0.4, 0.5) is 4.39 Å². The molecule has 32 heavy (non-hydrogen) atoms. The lowest BCUT2D eigenvalue weighted by Gasteiger charge is -2.45. The van der Waals surface area contributed by atoms with Crippen LogP contribution in [0.25, 0.3) is 0 Å². The molecule has 1 atom stereocenters. The molecule has 3 aromatic rings. The first-order valence-electron chi connectivity index (χ1n) is 11.0. The highest BCUT2D eigenvalue weighted by molar-refractivity contribution is 5.91. The lowest BCUT2D eigenvalue weighted by molar-refractivity contribution is -0.0838. The molecule has 6 nitrogen and oxygen atoms in total. The van der Waals surface area contributed by atoms with Gasteiger partial charge in [-0.25, -0.2) is 9.07 Å². The van der Waals surface area contributed by atoms with E-state index in [1.807, 2.05) is 6.07 Å².